The number of hydrogen-bond acceptors (Lipinski definition) is 2. The van der Waals surface area contributed by atoms with Crippen LogP contribution in [-0.4, -0.2) is 7.11 Å². The van der Waals surface area contributed by atoms with Gasteiger partial charge in [0.2, 0.25) is 0 Å². The van der Waals surface area contributed by atoms with E-state index in [9.17, 15) is 4.39 Å². The lowest BCUT2D eigenvalue weighted by molar-refractivity contribution is 0.410. The van der Waals surface area contributed by atoms with E-state index in [1.165, 1.54) is 6.07 Å². The fourth-order valence-corrected chi connectivity index (χ4v) is 2.00. The van der Waals surface area contributed by atoms with Gasteiger partial charge in [0.1, 0.15) is 11.6 Å². The highest BCUT2D eigenvalue weighted by atomic mass is 19.1. The predicted octanol–water partition coefficient (Wildman–Crippen LogP) is 4.06. The Balaban J connectivity index is 2.16. The van der Waals surface area contributed by atoms with E-state index < -0.39 is 0 Å². The standard InChI is InChI=1S/C16H18FNO/c1-11-5-7-16(19-3)13(8-11)10-18-15-6-4-12(2)9-14(15)17/h4-9,18H,10H2,1-3H3. The molecule has 0 saturated heterocycles. The van der Waals surface area contributed by atoms with Gasteiger partial charge in [0.25, 0.3) is 0 Å². The minimum atomic E-state index is -0.230. The molecule has 0 unspecified atom stereocenters. The molecular formula is C16H18FNO. The van der Waals surface area contributed by atoms with Crippen LogP contribution in [0.1, 0.15) is 16.7 Å². The lowest BCUT2D eigenvalue weighted by Gasteiger charge is -2.12. The molecule has 3 heteroatoms. The summed E-state index contributed by atoms with van der Waals surface area (Å²) in [4.78, 5) is 0. The number of benzene rings is 2. The zero-order valence-corrected chi connectivity index (χ0v) is 11.5. The van der Waals surface area contributed by atoms with Crippen molar-refractivity contribution in [3.05, 3.63) is 58.9 Å². The molecule has 2 aromatic rings. The summed E-state index contributed by atoms with van der Waals surface area (Å²) in [6.45, 7) is 4.43. The average Bonchev–Trinajstić information content (AvgIpc) is 2.38. The van der Waals surface area contributed by atoms with Crippen LogP contribution in [0.2, 0.25) is 0 Å². The van der Waals surface area contributed by atoms with E-state index in [2.05, 4.69) is 5.32 Å². The molecule has 2 aromatic carbocycles. The fraction of sp³-hybridized carbons (Fsp3) is 0.250. The molecule has 19 heavy (non-hydrogen) atoms. The van der Waals surface area contributed by atoms with Gasteiger partial charge in [-0.3, -0.25) is 0 Å². The van der Waals surface area contributed by atoms with E-state index in [1.807, 2.05) is 38.1 Å². The van der Waals surface area contributed by atoms with Crippen LogP contribution in [0.4, 0.5) is 10.1 Å². The van der Waals surface area contributed by atoms with Crippen molar-refractivity contribution in [2.45, 2.75) is 20.4 Å². The molecule has 0 spiro atoms. The summed E-state index contributed by atoms with van der Waals surface area (Å²) < 4.78 is 19.0. The van der Waals surface area contributed by atoms with Crippen LogP contribution in [0.15, 0.2) is 36.4 Å². The number of hydrogen-bond donors (Lipinski definition) is 1. The summed E-state index contributed by atoms with van der Waals surface area (Å²) in [5.74, 6) is 0.581. The number of ether oxygens (including phenoxy) is 1. The van der Waals surface area contributed by atoms with Crippen LogP contribution in [0.3, 0.4) is 0 Å². The van der Waals surface area contributed by atoms with E-state index in [-0.39, 0.29) is 5.82 Å². The van der Waals surface area contributed by atoms with Gasteiger partial charge in [0, 0.05) is 12.1 Å². The molecular weight excluding hydrogens is 241 g/mol. The van der Waals surface area contributed by atoms with Gasteiger partial charge < -0.3 is 10.1 Å². The molecule has 0 aliphatic rings. The van der Waals surface area contributed by atoms with Gasteiger partial charge >= 0.3 is 0 Å². The van der Waals surface area contributed by atoms with Crippen LogP contribution in [0, 0.1) is 19.7 Å². The number of nitrogens with one attached hydrogen (secondary N) is 1. The number of anilines is 1. The highest BCUT2D eigenvalue weighted by Gasteiger charge is 2.05. The molecule has 0 bridgehead atoms. The van der Waals surface area contributed by atoms with Gasteiger partial charge in [-0.1, -0.05) is 23.8 Å². The second-order valence-electron chi connectivity index (χ2n) is 4.65. The van der Waals surface area contributed by atoms with Crippen LogP contribution in [-0.2, 0) is 6.54 Å². The van der Waals surface area contributed by atoms with Crippen molar-refractivity contribution in [1.82, 2.24) is 0 Å². The second kappa shape index (κ2) is 5.74. The highest BCUT2D eigenvalue weighted by molar-refractivity contribution is 5.48. The minimum absolute atomic E-state index is 0.230. The molecule has 0 amide bonds. The Labute approximate surface area is 113 Å². The van der Waals surface area contributed by atoms with Crippen molar-refractivity contribution in [2.24, 2.45) is 0 Å². The molecule has 0 radical (unpaired) electrons. The van der Waals surface area contributed by atoms with E-state index in [0.29, 0.717) is 12.2 Å². The summed E-state index contributed by atoms with van der Waals surface area (Å²) in [7, 11) is 1.64. The Kier molecular flexibility index (Phi) is 4.05. The Morgan fingerprint density at radius 1 is 1.05 bits per heavy atom. The van der Waals surface area contributed by atoms with E-state index in [0.717, 1.165) is 22.4 Å². The van der Waals surface area contributed by atoms with Gasteiger partial charge in [-0.25, -0.2) is 4.39 Å². The van der Waals surface area contributed by atoms with Crippen LogP contribution < -0.4 is 10.1 Å². The monoisotopic (exact) mass is 259 g/mol. The molecule has 0 atom stereocenters. The Hall–Kier alpha value is -2.03. The number of methoxy groups -OCH3 is 1. The average molecular weight is 259 g/mol. The summed E-state index contributed by atoms with van der Waals surface area (Å²) in [5.41, 5.74) is 3.59. The topological polar surface area (TPSA) is 21.3 Å². The van der Waals surface area contributed by atoms with E-state index in [1.54, 1.807) is 13.2 Å². The third-order valence-electron chi connectivity index (χ3n) is 3.03. The summed E-state index contributed by atoms with van der Waals surface area (Å²) >= 11 is 0. The molecule has 100 valence electrons. The SMILES string of the molecule is COc1ccc(C)cc1CNc1ccc(C)cc1F. The van der Waals surface area contributed by atoms with Crippen molar-refractivity contribution < 1.29 is 9.13 Å². The third-order valence-corrected chi connectivity index (χ3v) is 3.03. The summed E-state index contributed by atoms with van der Waals surface area (Å²) in [6.07, 6.45) is 0. The first-order valence-electron chi connectivity index (χ1n) is 6.23. The summed E-state index contributed by atoms with van der Waals surface area (Å²) in [6, 6.07) is 11.1. The molecule has 2 nitrogen and oxygen atoms in total. The Morgan fingerprint density at radius 2 is 1.74 bits per heavy atom. The first-order valence-corrected chi connectivity index (χ1v) is 6.23. The van der Waals surface area contributed by atoms with Crippen LogP contribution >= 0.6 is 0 Å². The molecule has 0 saturated carbocycles. The first kappa shape index (κ1) is 13.4. The predicted molar refractivity (Wildman–Crippen MR) is 76.2 cm³/mol. The number of aryl methyl sites for hydroxylation is 2. The number of rotatable bonds is 4. The zero-order chi connectivity index (χ0) is 13.8. The van der Waals surface area contributed by atoms with Crippen LogP contribution in [0.25, 0.3) is 0 Å². The maximum Gasteiger partial charge on any atom is 0.146 e. The molecule has 0 aromatic heterocycles. The first-order chi connectivity index (χ1) is 9.10. The quantitative estimate of drug-likeness (QED) is 0.894. The molecule has 0 fully saturated rings. The van der Waals surface area contributed by atoms with E-state index >= 15 is 0 Å². The molecule has 0 heterocycles. The van der Waals surface area contributed by atoms with Gasteiger partial charge in [-0.2, -0.15) is 0 Å². The van der Waals surface area contributed by atoms with Crippen molar-refractivity contribution >= 4 is 5.69 Å². The molecule has 0 aliphatic carbocycles. The van der Waals surface area contributed by atoms with E-state index in [4.69, 9.17) is 4.74 Å². The Morgan fingerprint density at radius 3 is 2.42 bits per heavy atom. The zero-order valence-electron chi connectivity index (χ0n) is 11.5. The second-order valence-corrected chi connectivity index (χ2v) is 4.65. The maximum absolute atomic E-state index is 13.7. The van der Waals surface area contributed by atoms with Crippen molar-refractivity contribution in [1.29, 1.82) is 0 Å². The fourth-order valence-electron chi connectivity index (χ4n) is 2.00. The lowest BCUT2D eigenvalue weighted by Crippen LogP contribution is -2.03. The van der Waals surface area contributed by atoms with Gasteiger partial charge in [0.05, 0.1) is 12.8 Å². The van der Waals surface area contributed by atoms with Crippen molar-refractivity contribution in [2.75, 3.05) is 12.4 Å². The van der Waals surface area contributed by atoms with Gasteiger partial charge in [0.15, 0.2) is 0 Å². The minimum Gasteiger partial charge on any atom is -0.496 e. The van der Waals surface area contributed by atoms with Gasteiger partial charge in [-0.05, 0) is 37.6 Å². The smallest absolute Gasteiger partial charge is 0.146 e. The normalized spacial score (nSPS) is 10.3. The lowest BCUT2D eigenvalue weighted by atomic mass is 10.1. The van der Waals surface area contributed by atoms with Crippen molar-refractivity contribution in [3.63, 3.8) is 0 Å². The maximum atomic E-state index is 13.7. The number of halogens is 1. The highest BCUT2D eigenvalue weighted by Crippen LogP contribution is 2.22. The largest absolute Gasteiger partial charge is 0.496 e. The molecule has 0 aliphatic heterocycles. The summed E-state index contributed by atoms with van der Waals surface area (Å²) in [5, 5.41) is 3.10. The third kappa shape index (κ3) is 3.25. The molecule has 1 N–H and O–H groups in total. The molecule has 2 rings (SSSR count). The van der Waals surface area contributed by atoms with Gasteiger partial charge in [-0.15, -0.1) is 0 Å². The van der Waals surface area contributed by atoms with Crippen molar-refractivity contribution in [3.8, 4) is 5.75 Å². The van der Waals surface area contributed by atoms with Crippen LogP contribution in [0.5, 0.6) is 5.75 Å². The Bertz CT molecular complexity index is 581.